The van der Waals surface area contributed by atoms with Crippen LogP contribution in [0.3, 0.4) is 0 Å². The highest BCUT2D eigenvalue weighted by atomic mass is 16.6. The lowest BCUT2D eigenvalue weighted by Crippen LogP contribution is -2.34. The third kappa shape index (κ3) is 3.92. The zero-order valence-electron chi connectivity index (χ0n) is 10.2. The van der Waals surface area contributed by atoms with Gasteiger partial charge in [0.2, 0.25) is 0 Å². The minimum Gasteiger partial charge on any atom is -0.444 e. The normalized spacial score (nSPS) is 13.2. The van der Waals surface area contributed by atoms with Crippen molar-refractivity contribution >= 4 is 6.09 Å². The second-order valence-corrected chi connectivity index (χ2v) is 4.61. The fraction of sp³-hybridized carbons (Fsp3) is 0.636. The molecule has 0 radical (unpaired) electrons. The minimum absolute atomic E-state index is 0.110. The molecule has 0 aliphatic carbocycles. The summed E-state index contributed by atoms with van der Waals surface area (Å²) in [7, 11) is 0. The van der Waals surface area contributed by atoms with Crippen molar-refractivity contribution in [2.75, 3.05) is 0 Å². The van der Waals surface area contributed by atoms with Crippen molar-refractivity contribution in [2.45, 2.75) is 45.8 Å². The molecule has 0 aliphatic heterocycles. The molecule has 0 aliphatic rings. The third-order valence-electron chi connectivity index (χ3n) is 1.98. The van der Waals surface area contributed by atoms with Gasteiger partial charge in [0.05, 0.1) is 11.7 Å². The number of nitrogens with zero attached hydrogens (tertiary/aromatic N) is 1. The summed E-state index contributed by atoms with van der Waals surface area (Å²) in [6, 6.07) is 1.73. The molecule has 90 valence electrons. The van der Waals surface area contributed by atoms with E-state index < -0.39 is 11.7 Å². The largest absolute Gasteiger partial charge is 0.444 e. The number of rotatable bonds is 3. The summed E-state index contributed by atoms with van der Waals surface area (Å²) < 4.78 is 5.18. The summed E-state index contributed by atoms with van der Waals surface area (Å²) in [5, 5.41) is 9.55. The maximum atomic E-state index is 11.6. The molecular formula is C11H19N3O2. The Morgan fingerprint density at radius 1 is 1.62 bits per heavy atom. The van der Waals surface area contributed by atoms with Gasteiger partial charge in [-0.3, -0.25) is 5.10 Å². The Morgan fingerprint density at radius 2 is 2.31 bits per heavy atom. The average molecular weight is 225 g/mol. The van der Waals surface area contributed by atoms with Crippen molar-refractivity contribution in [3.05, 3.63) is 18.0 Å². The van der Waals surface area contributed by atoms with Crippen molar-refractivity contribution in [3.8, 4) is 0 Å². The van der Waals surface area contributed by atoms with Crippen molar-refractivity contribution in [1.29, 1.82) is 0 Å². The van der Waals surface area contributed by atoms with E-state index in [2.05, 4.69) is 15.5 Å². The molecule has 16 heavy (non-hydrogen) atoms. The quantitative estimate of drug-likeness (QED) is 0.830. The number of hydrogen-bond donors (Lipinski definition) is 2. The Kier molecular flexibility index (Phi) is 3.93. The van der Waals surface area contributed by atoms with Crippen LogP contribution < -0.4 is 5.32 Å². The van der Waals surface area contributed by atoms with Gasteiger partial charge < -0.3 is 10.1 Å². The number of aromatic amines is 1. The van der Waals surface area contributed by atoms with Gasteiger partial charge >= 0.3 is 6.09 Å². The molecule has 0 fully saturated rings. The summed E-state index contributed by atoms with van der Waals surface area (Å²) >= 11 is 0. The number of carbonyl (C=O) groups is 1. The highest BCUT2D eigenvalue weighted by Gasteiger charge is 2.20. The lowest BCUT2D eigenvalue weighted by molar-refractivity contribution is 0.0501. The van der Waals surface area contributed by atoms with Gasteiger partial charge in [-0.1, -0.05) is 6.92 Å². The van der Waals surface area contributed by atoms with Crippen LogP contribution in [-0.4, -0.2) is 21.9 Å². The third-order valence-corrected chi connectivity index (χ3v) is 1.98. The van der Waals surface area contributed by atoms with Crippen LogP contribution in [0.1, 0.15) is 45.9 Å². The molecule has 1 amide bonds. The standard InChI is InChI=1S/C11H19N3O2/c1-5-8(9-6-7-12-14-9)13-10(15)16-11(2,3)4/h6-8H,5H2,1-4H3,(H,12,14)(H,13,15)/t8-/m1/s1. The fourth-order valence-corrected chi connectivity index (χ4v) is 1.30. The maximum absolute atomic E-state index is 11.6. The molecule has 0 saturated carbocycles. The molecule has 0 unspecified atom stereocenters. The van der Waals surface area contributed by atoms with Crippen LogP contribution in [0.4, 0.5) is 4.79 Å². The Hall–Kier alpha value is -1.52. The van der Waals surface area contributed by atoms with Crippen molar-refractivity contribution < 1.29 is 9.53 Å². The van der Waals surface area contributed by atoms with Crippen molar-refractivity contribution in [1.82, 2.24) is 15.5 Å². The Balaban J connectivity index is 2.55. The summed E-state index contributed by atoms with van der Waals surface area (Å²) in [6.45, 7) is 7.49. The monoisotopic (exact) mass is 225 g/mol. The Bertz CT molecular complexity index is 327. The molecule has 0 aromatic carbocycles. The van der Waals surface area contributed by atoms with Crippen molar-refractivity contribution in [2.24, 2.45) is 0 Å². The van der Waals surface area contributed by atoms with E-state index in [1.54, 1.807) is 6.20 Å². The first-order chi connectivity index (χ1) is 7.42. The number of H-pyrrole nitrogens is 1. The first kappa shape index (κ1) is 12.5. The Morgan fingerprint density at radius 3 is 2.75 bits per heavy atom. The van der Waals surface area contributed by atoms with Gasteiger partial charge in [0.15, 0.2) is 0 Å². The van der Waals surface area contributed by atoms with Crippen LogP contribution in [-0.2, 0) is 4.74 Å². The second kappa shape index (κ2) is 5.01. The van der Waals surface area contributed by atoms with E-state index in [0.29, 0.717) is 0 Å². The number of amides is 1. The van der Waals surface area contributed by atoms with Crippen LogP contribution in [0.5, 0.6) is 0 Å². The Labute approximate surface area is 95.6 Å². The molecule has 0 saturated heterocycles. The maximum Gasteiger partial charge on any atom is 0.408 e. The molecule has 0 bridgehead atoms. The van der Waals surface area contributed by atoms with Gasteiger partial charge in [-0.15, -0.1) is 0 Å². The van der Waals surface area contributed by atoms with E-state index in [9.17, 15) is 4.79 Å². The molecule has 1 aromatic heterocycles. The summed E-state index contributed by atoms with van der Waals surface area (Å²) in [5.74, 6) is 0. The fourth-order valence-electron chi connectivity index (χ4n) is 1.30. The van der Waals surface area contributed by atoms with Gasteiger partial charge in [0.25, 0.3) is 0 Å². The number of ether oxygens (including phenoxy) is 1. The van der Waals surface area contributed by atoms with Crippen LogP contribution in [0, 0.1) is 0 Å². The molecule has 1 atom stereocenters. The number of nitrogens with one attached hydrogen (secondary N) is 2. The molecule has 2 N–H and O–H groups in total. The summed E-state index contributed by atoms with van der Waals surface area (Å²) in [5.41, 5.74) is 0.335. The summed E-state index contributed by atoms with van der Waals surface area (Å²) in [4.78, 5) is 11.6. The average Bonchev–Trinajstić information content (AvgIpc) is 2.63. The zero-order valence-corrected chi connectivity index (χ0v) is 10.2. The van der Waals surface area contributed by atoms with E-state index in [1.165, 1.54) is 0 Å². The number of carbonyl (C=O) groups excluding carboxylic acids is 1. The lowest BCUT2D eigenvalue weighted by Gasteiger charge is -2.22. The highest BCUT2D eigenvalue weighted by molar-refractivity contribution is 5.68. The smallest absolute Gasteiger partial charge is 0.408 e. The highest BCUT2D eigenvalue weighted by Crippen LogP contribution is 2.14. The van der Waals surface area contributed by atoms with Crippen LogP contribution in [0.25, 0.3) is 0 Å². The molecule has 1 heterocycles. The van der Waals surface area contributed by atoms with E-state index in [1.807, 2.05) is 33.8 Å². The van der Waals surface area contributed by atoms with E-state index in [0.717, 1.165) is 12.1 Å². The van der Waals surface area contributed by atoms with Gasteiger partial charge in [-0.05, 0) is 33.3 Å². The SMILES string of the molecule is CC[C@@H](NC(=O)OC(C)(C)C)c1cc[nH]n1. The molecule has 5 heteroatoms. The first-order valence-corrected chi connectivity index (χ1v) is 5.41. The topological polar surface area (TPSA) is 67.0 Å². The van der Waals surface area contributed by atoms with Gasteiger partial charge in [-0.2, -0.15) is 5.10 Å². The van der Waals surface area contributed by atoms with Gasteiger partial charge in [0, 0.05) is 6.20 Å². The van der Waals surface area contributed by atoms with Crippen LogP contribution in [0.2, 0.25) is 0 Å². The lowest BCUT2D eigenvalue weighted by atomic mass is 10.1. The number of hydrogen-bond acceptors (Lipinski definition) is 3. The van der Waals surface area contributed by atoms with Gasteiger partial charge in [0.1, 0.15) is 5.60 Å². The molecule has 5 nitrogen and oxygen atoms in total. The van der Waals surface area contributed by atoms with Crippen molar-refractivity contribution in [3.63, 3.8) is 0 Å². The molecular weight excluding hydrogens is 206 g/mol. The van der Waals surface area contributed by atoms with Crippen LogP contribution in [0.15, 0.2) is 12.3 Å². The summed E-state index contributed by atoms with van der Waals surface area (Å²) in [6.07, 6.45) is 2.08. The first-order valence-electron chi connectivity index (χ1n) is 5.41. The predicted molar refractivity (Wildman–Crippen MR) is 61.0 cm³/mol. The van der Waals surface area contributed by atoms with E-state index in [4.69, 9.17) is 4.74 Å². The molecule has 1 rings (SSSR count). The minimum atomic E-state index is -0.478. The van der Waals surface area contributed by atoms with E-state index in [-0.39, 0.29) is 6.04 Å². The molecule has 1 aromatic rings. The van der Waals surface area contributed by atoms with E-state index >= 15 is 0 Å². The zero-order chi connectivity index (χ0) is 12.2. The number of aromatic nitrogens is 2. The van der Waals surface area contributed by atoms with Gasteiger partial charge in [-0.25, -0.2) is 4.79 Å². The molecule has 0 spiro atoms. The number of alkyl carbamates (subject to hydrolysis) is 1. The second-order valence-electron chi connectivity index (χ2n) is 4.61. The van der Waals surface area contributed by atoms with Crippen LogP contribution >= 0.6 is 0 Å². The predicted octanol–water partition coefficient (Wildman–Crippen LogP) is 2.39.